The van der Waals surface area contributed by atoms with Crippen LogP contribution < -0.4 is 15.8 Å². The number of primary amides is 1. The summed E-state index contributed by atoms with van der Waals surface area (Å²) in [6.07, 6.45) is 10.6. The van der Waals surface area contributed by atoms with E-state index in [2.05, 4.69) is 22.2 Å². The number of thiazole rings is 1. The van der Waals surface area contributed by atoms with Crippen molar-refractivity contribution in [3.63, 3.8) is 0 Å². The Kier molecular flexibility index (Phi) is 8.20. The maximum Gasteiger partial charge on any atom is 0.252 e. The first-order valence-corrected chi connectivity index (χ1v) is 11.2. The summed E-state index contributed by atoms with van der Waals surface area (Å²) < 4.78 is 5.82. The van der Waals surface area contributed by atoms with E-state index in [1.807, 2.05) is 23.6 Å². The Morgan fingerprint density at radius 1 is 1.17 bits per heavy atom. The van der Waals surface area contributed by atoms with Crippen molar-refractivity contribution in [3.8, 4) is 17.0 Å². The Hall–Kier alpha value is -2.93. The third-order valence-corrected chi connectivity index (χ3v) is 5.47. The topological polar surface area (TPSA) is 90.1 Å². The van der Waals surface area contributed by atoms with Crippen LogP contribution in [0.25, 0.3) is 11.3 Å². The van der Waals surface area contributed by atoms with Gasteiger partial charge in [-0.05, 0) is 36.8 Å². The third-order valence-electron chi connectivity index (χ3n) is 4.71. The molecule has 30 heavy (non-hydrogen) atoms. The monoisotopic (exact) mass is 424 g/mol. The van der Waals surface area contributed by atoms with Crippen LogP contribution in [0.4, 0.5) is 10.8 Å². The van der Waals surface area contributed by atoms with Crippen molar-refractivity contribution < 1.29 is 9.53 Å². The Bertz CT molecular complexity index is 943. The summed E-state index contributed by atoms with van der Waals surface area (Å²) in [6.45, 7) is 2.79. The molecular formula is C23H28N4O2S. The molecule has 158 valence electrons. The van der Waals surface area contributed by atoms with Gasteiger partial charge in [-0.2, -0.15) is 0 Å². The lowest BCUT2D eigenvalue weighted by Crippen LogP contribution is -2.14. The highest BCUT2D eigenvalue weighted by atomic mass is 32.1. The Labute approximate surface area is 181 Å². The number of nitrogens with two attached hydrogens (primary N) is 1. The standard InChI is InChI=1S/C23H28N4O2S/c1-2-3-4-5-6-7-13-29-21-11-10-18(14-19(21)22(24)28)26-23-27-20(16-30-23)17-9-8-12-25-15-17/h8-12,14-16H,2-7,13H2,1H3,(H2,24,28)(H,26,27). The number of aromatic nitrogens is 2. The molecule has 6 nitrogen and oxygen atoms in total. The molecule has 0 aliphatic carbocycles. The summed E-state index contributed by atoms with van der Waals surface area (Å²) in [6, 6.07) is 9.21. The van der Waals surface area contributed by atoms with Gasteiger partial charge in [-0.3, -0.25) is 9.78 Å². The van der Waals surface area contributed by atoms with Gasteiger partial charge in [0.1, 0.15) is 5.75 Å². The van der Waals surface area contributed by atoms with Crippen LogP contribution in [0.2, 0.25) is 0 Å². The predicted octanol–water partition coefficient (Wildman–Crippen LogP) is 5.79. The summed E-state index contributed by atoms with van der Waals surface area (Å²) in [4.78, 5) is 20.6. The molecule has 1 aromatic carbocycles. The van der Waals surface area contributed by atoms with Crippen molar-refractivity contribution in [2.24, 2.45) is 5.73 Å². The first kappa shape index (κ1) is 21.8. The minimum absolute atomic E-state index is 0.370. The molecule has 3 aromatic rings. The summed E-state index contributed by atoms with van der Waals surface area (Å²) >= 11 is 1.49. The first-order chi connectivity index (χ1) is 14.7. The van der Waals surface area contributed by atoms with Crippen molar-refractivity contribution in [1.82, 2.24) is 9.97 Å². The second-order valence-corrected chi connectivity index (χ2v) is 7.95. The largest absolute Gasteiger partial charge is 0.493 e. The average Bonchev–Trinajstić information content (AvgIpc) is 3.23. The molecular weight excluding hydrogens is 396 g/mol. The summed E-state index contributed by atoms with van der Waals surface area (Å²) in [5.74, 6) is 0.0172. The van der Waals surface area contributed by atoms with Gasteiger partial charge in [-0.15, -0.1) is 11.3 Å². The maximum absolute atomic E-state index is 11.9. The molecule has 0 bridgehead atoms. The molecule has 0 atom stereocenters. The van der Waals surface area contributed by atoms with Crippen LogP contribution in [0, 0.1) is 0 Å². The quantitative estimate of drug-likeness (QED) is 0.359. The minimum Gasteiger partial charge on any atom is -0.493 e. The number of hydrogen-bond acceptors (Lipinski definition) is 6. The van der Waals surface area contributed by atoms with Crippen molar-refractivity contribution in [1.29, 1.82) is 0 Å². The lowest BCUT2D eigenvalue weighted by Gasteiger charge is -2.12. The molecule has 2 heterocycles. The molecule has 0 aliphatic rings. The van der Waals surface area contributed by atoms with Gasteiger partial charge in [0.25, 0.3) is 5.91 Å². The molecule has 3 N–H and O–H groups in total. The summed E-state index contributed by atoms with van der Waals surface area (Å²) in [5, 5.41) is 5.93. The number of anilines is 2. The predicted molar refractivity (Wildman–Crippen MR) is 122 cm³/mol. The van der Waals surface area contributed by atoms with Gasteiger partial charge < -0.3 is 15.8 Å². The highest BCUT2D eigenvalue weighted by molar-refractivity contribution is 7.14. The zero-order valence-corrected chi connectivity index (χ0v) is 18.1. The van der Waals surface area contributed by atoms with Crippen LogP contribution in [0.15, 0.2) is 48.1 Å². The maximum atomic E-state index is 11.9. The van der Waals surface area contributed by atoms with E-state index in [-0.39, 0.29) is 0 Å². The fourth-order valence-corrected chi connectivity index (χ4v) is 3.83. The molecule has 0 spiro atoms. The van der Waals surface area contributed by atoms with Crippen LogP contribution in [-0.4, -0.2) is 22.5 Å². The number of ether oxygens (including phenoxy) is 1. The fraction of sp³-hybridized carbons (Fsp3) is 0.348. The van der Waals surface area contributed by atoms with Gasteiger partial charge in [-0.1, -0.05) is 39.0 Å². The molecule has 1 amide bonds. The van der Waals surface area contributed by atoms with Crippen molar-refractivity contribution in [2.75, 3.05) is 11.9 Å². The number of amides is 1. The number of carbonyl (C=O) groups excluding carboxylic acids is 1. The molecule has 2 aromatic heterocycles. The highest BCUT2D eigenvalue weighted by Crippen LogP contribution is 2.29. The van der Waals surface area contributed by atoms with Crippen LogP contribution >= 0.6 is 11.3 Å². The number of unbranched alkanes of at least 4 members (excludes halogenated alkanes) is 5. The molecule has 0 unspecified atom stereocenters. The average molecular weight is 425 g/mol. The van der Waals surface area contributed by atoms with Gasteiger partial charge in [0, 0.05) is 29.0 Å². The number of benzene rings is 1. The zero-order valence-electron chi connectivity index (χ0n) is 17.3. The number of nitrogens with one attached hydrogen (secondary N) is 1. The van der Waals surface area contributed by atoms with Crippen molar-refractivity contribution in [2.45, 2.75) is 45.4 Å². The number of nitrogens with zero attached hydrogens (tertiary/aromatic N) is 2. The van der Waals surface area contributed by atoms with Crippen LogP contribution in [0.1, 0.15) is 55.8 Å². The summed E-state index contributed by atoms with van der Waals surface area (Å²) in [7, 11) is 0. The molecule has 0 saturated heterocycles. The Morgan fingerprint density at radius 3 is 2.77 bits per heavy atom. The van der Waals surface area contributed by atoms with E-state index in [0.29, 0.717) is 17.9 Å². The molecule has 0 saturated carbocycles. The van der Waals surface area contributed by atoms with E-state index in [4.69, 9.17) is 10.5 Å². The SMILES string of the molecule is CCCCCCCCOc1ccc(Nc2nc(-c3cccnc3)cs2)cc1C(N)=O. The van der Waals surface area contributed by atoms with Crippen LogP contribution in [-0.2, 0) is 0 Å². The minimum atomic E-state index is -0.508. The van der Waals surface area contributed by atoms with E-state index in [9.17, 15) is 4.79 Å². The molecule has 7 heteroatoms. The Balaban J connectivity index is 1.60. The zero-order chi connectivity index (χ0) is 21.2. The molecule has 0 fully saturated rings. The second-order valence-electron chi connectivity index (χ2n) is 7.10. The first-order valence-electron chi connectivity index (χ1n) is 10.4. The lowest BCUT2D eigenvalue weighted by atomic mass is 10.1. The normalized spacial score (nSPS) is 10.7. The van der Waals surface area contributed by atoms with Gasteiger partial charge in [0.2, 0.25) is 0 Å². The third kappa shape index (κ3) is 6.29. The molecule has 3 rings (SSSR count). The van der Waals surface area contributed by atoms with Gasteiger partial charge in [-0.25, -0.2) is 4.98 Å². The van der Waals surface area contributed by atoms with Gasteiger partial charge >= 0.3 is 0 Å². The van der Waals surface area contributed by atoms with E-state index >= 15 is 0 Å². The van der Waals surface area contributed by atoms with E-state index in [0.717, 1.165) is 34.9 Å². The molecule has 0 radical (unpaired) electrons. The molecule has 0 aliphatic heterocycles. The lowest BCUT2D eigenvalue weighted by molar-refractivity contribution is 0.0996. The summed E-state index contributed by atoms with van der Waals surface area (Å²) in [5.41, 5.74) is 8.49. The number of rotatable bonds is 12. The van der Waals surface area contributed by atoms with E-state index < -0.39 is 5.91 Å². The van der Waals surface area contributed by atoms with E-state index in [1.54, 1.807) is 24.5 Å². The Morgan fingerprint density at radius 2 is 2.00 bits per heavy atom. The smallest absolute Gasteiger partial charge is 0.252 e. The fourth-order valence-electron chi connectivity index (χ4n) is 3.09. The van der Waals surface area contributed by atoms with Crippen LogP contribution in [0.3, 0.4) is 0 Å². The highest BCUT2D eigenvalue weighted by Gasteiger charge is 2.12. The number of pyridine rings is 1. The van der Waals surface area contributed by atoms with Crippen LogP contribution in [0.5, 0.6) is 5.75 Å². The van der Waals surface area contributed by atoms with Gasteiger partial charge in [0.15, 0.2) is 5.13 Å². The van der Waals surface area contributed by atoms with Crippen molar-refractivity contribution in [3.05, 3.63) is 53.7 Å². The van der Waals surface area contributed by atoms with Crippen molar-refractivity contribution >= 4 is 28.1 Å². The van der Waals surface area contributed by atoms with E-state index in [1.165, 1.54) is 37.0 Å². The van der Waals surface area contributed by atoms with Gasteiger partial charge in [0.05, 0.1) is 17.9 Å². The number of carbonyl (C=O) groups is 1. The second kappa shape index (κ2) is 11.3. The number of hydrogen-bond donors (Lipinski definition) is 2.